The molecule has 4 nitrogen and oxygen atoms in total. The highest BCUT2D eigenvalue weighted by molar-refractivity contribution is 6.28. The number of carbonyl (C=O) groups is 1. The summed E-state index contributed by atoms with van der Waals surface area (Å²) >= 11 is 5.47. The van der Waals surface area contributed by atoms with E-state index in [2.05, 4.69) is 4.99 Å². The molecule has 19 heavy (non-hydrogen) atoms. The van der Waals surface area contributed by atoms with Crippen molar-refractivity contribution in [3.8, 4) is 0 Å². The number of amidine groups is 1. The van der Waals surface area contributed by atoms with Crippen LogP contribution in [-0.2, 0) is 4.74 Å². The Morgan fingerprint density at radius 1 is 1.47 bits per heavy atom. The second kappa shape index (κ2) is 6.02. The highest BCUT2D eigenvalue weighted by atomic mass is 35.5. The fourth-order valence-corrected chi connectivity index (χ4v) is 1.33. The highest BCUT2D eigenvalue weighted by Gasteiger charge is 2.20. The molecule has 0 aliphatic heterocycles. The van der Waals surface area contributed by atoms with Crippen LogP contribution in [-0.4, -0.2) is 23.3 Å². The number of alkyl halides is 1. The third kappa shape index (κ3) is 4.87. The van der Waals surface area contributed by atoms with Gasteiger partial charge in [-0.05, 0) is 32.9 Å². The molecule has 0 aliphatic rings. The molecule has 104 valence electrons. The minimum atomic E-state index is -0.717. The Morgan fingerprint density at radius 2 is 2.11 bits per heavy atom. The lowest BCUT2D eigenvalue weighted by Crippen LogP contribution is -2.24. The van der Waals surface area contributed by atoms with Crippen LogP contribution in [0.25, 0.3) is 0 Å². The Hall–Kier alpha value is -1.62. The molecular formula is C13H16ClFN2O2. The first-order chi connectivity index (χ1) is 8.73. The Kier molecular flexibility index (Phi) is 4.89. The largest absolute Gasteiger partial charge is 0.456 e. The van der Waals surface area contributed by atoms with Gasteiger partial charge < -0.3 is 10.5 Å². The van der Waals surface area contributed by atoms with Gasteiger partial charge in [0.15, 0.2) is 0 Å². The van der Waals surface area contributed by atoms with E-state index < -0.39 is 17.4 Å². The molecule has 0 bridgehead atoms. The lowest BCUT2D eigenvalue weighted by Gasteiger charge is -2.19. The van der Waals surface area contributed by atoms with Crippen LogP contribution >= 0.6 is 11.6 Å². The molecule has 0 radical (unpaired) electrons. The van der Waals surface area contributed by atoms with Gasteiger partial charge >= 0.3 is 5.97 Å². The predicted octanol–water partition coefficient (Wildman–Crippen LogP) is 3.01. The van der Waals surface area contributed by atoms with E-state index in [1.165, 1.54) is 12.1 Å². The molecule has 0 unspecified atom stereocenters. The predicted molar refractivity (Wildman–Crippen MR) is 73.6 cm³/mol. The molecule has 2 N–H and O–H groups in total. The van der Waals surface area contributed by atoms with Crippen molar-refractivity contribution >= 4 is 29.1 Å². The number of rotatable bonds is 3. The molecular weight excluding hydrogens is 271 g/mol. The quantitative estimate of drug-likeness (QED) is 0.402. The third-order valence-corrected chi connectivity index (χ3v) is 2.25. The molecule has 0 atom stereocenters. The van der Waals surface area contributed by atoms with Gasteiger partial charge in [0.1, 0.15) is 17.3 Å². The molecule has 1 rings (SSSR count). The zero-order valence-electron chi connectivity index (χ0n) is 11.0. The van der Waals surface area contributed by atoms with E-state index in [-0.39, 0.29) is 17.3 Å². The van der Waals surface area contributed by atoms with Gasteiger partial charge in [0, 0.05) is 6.07 Å². The summed E-state index contributed by atoms with van der Waals surface area (Å²) in [6.07, 6.45) is 0. The molecule has 6 heteroatoms. The summed E-state index contributed by atoms with van der Waals surface area (Å²) in [5, 5.41) is 0. The minimum Gasteiger partial charge on any atom is -0.456 e. The van der Waals surface area contributed by atoms with Crippen LogP contribution in [0.15, 0.2) is 23.2 Å². The number of carbonyl (C=O) groups excluding carboxylic acids is 1. The van der Waals surface area contributed by atoms with Gasteiger partial charge in [-0.1, -0.05) is 0 Å². The minimum absolute atomic E-state index is 0.0510. The molecule has 0 fully saturated rings. The number of hydrogen-bond acceptors (Lipinski definition) is 3. The highest BCUT2D eigenvalue weighted by Crippen LogP contribution is 2.20. The first kappa shape index (κ1) is 15.4. The Balaban J connectivity index is 2.98. The van der Waals surface area contributed by atoms with Gasteiger partial charge in [-0.15, -0.1) is 11.6 Å². The number of aliphatic imine (C=N–C) groups is 1. The molecule has 0 heterocycles. The maximum Gasteiger partial charge on any atom is 0.341 e. The Morgan fingerprint density at radius 3 is 2.58 bits per heavy atom. The van der Waals surface area contributed by atoms with Crippen LogP contribution in [0.2, 0.25) is 0 Å². The monoisotopic (exact) mass is 286 g/mol. The van der Waals surface area contributed by atoms with E-state index in [0.717, 1.165) is 6.07 Å². The van der Waals surface area contributed by atoms with Crippen molar-refractivity contribution in [2.45, 2.75) is 26.4 Å². The molecule has 0 spiro atoms. The number of halogens is 2. The summed E-state index contributed by atoms with van der Waals surface area (Å²) in [6.45, 7) is 5.13. The van der Waals surface area contributed by atoms with Crippen molar-refractivity contribution in [2.75, 3.05) is 5.88 Å². The zero-order valence-corrected chi connectivity index (χ0v) is 11.8. The molecule has 0 aliphatic carbocycles. The molecule has 1 aromatic rings. The lowest BCUT2D eigenvalue weighted by molar-refractivity contribution is 0.00648. The normalized spacial score (nSPS) is 12.4. The van der Waals surface area contributed by atoms with Crippen LogP contribution in [0, 0.1) is 5.82 Å². The Labute approximate surface area is 116 Å². The number of ether oxygens (including phenoxy) is 1. The van der Waals surface area contributed by atoms with Gasteiger partial charge in [0.05, 0.1) is 17.1 Å². The SMILES string of the molecule is CC(C)(C)OC(=O)c1ccc(N=C(N)CCl)cc1F. The molecule has 0 amide bonds. The number of hydrogen-bond donors (Lipinski definition) is 1. The number of nitrogens with zero attached hydrogens (tertiary/aromatic N) is 1. The van der Waals surface area contributed by atoms with Crippen LogP contribution in [0.4, 0.5) is 10.1 Å². The lowest BCUT2D eigenvalue weighted by atomic mass is 10.1. The summed E-state index contributed by atoms with van der Waals surface area (Å²) in [6, 6.07) is 3.89. The third-order valence-electron chi connectivity index (χ3n) is 1.98. The topological polar surface area (TPSA) is 64.7 Å². The molecule has 1 aromatic carbocycles. The maximum atomic E-state index is 13.8. The molecule has 0 saturated heterocycles. The van der Waals surface area contributed by atoms with Crippen LogP contribution < -0.4 is 5.73 Å². The van der Waals surface area contributed by atoms with Crippen LogP contribution in [0.3, 0.4) is 0 Å². The summed E-state index contributed by atoms with van der Waals surface area (Å²) in [4.78, 5) is 15.6. The fraction of sp³-hybridized carbons (Fsp3) is 0.385. The summed E-state index contributed by atoms with van der Waals surface area (Å²) < 4.78 is 18.9. The van der Waals surface area contributed by atoms with Crippen LogP contribution in [0.5, 0.6) is 0 Å². The Bertz CT molecular complexity index is 510. The smallest absolute Gasteiger partial charge is 0.341 e. The van der Waals surface area contributed by atoms with E-state index in [1.54, 1.807) is 20.8 Å². The van der Waals surface area contributed by atoms with Gasteiger partial charge in [0.2, 0.25) is 0 Å². The summed E-state index contributed by atoms with van der Waals surface area (Å²) in [5.41, 5.74) is 4.92. The zero-order chi connectivity index (χ0) is 14.6. The van der Waals surface area contributed by atoms with Gasteiger partial charge in [-0.2, -0.15) is 0 Å². The first-order valence-corrected chi connectivity index (χ1v) is 6.18. The second-order valence-electron chi connectivity index (χ2n) is 4.90. The maximum absolute atomic E-state index is 13.8. The van der Waals surface area contributed by atoms with Crippen molar-refractivity contribution in [3.63, 3.8) is 0 Å². The van der Waals surface area contributed by atoms with Gasteiger partial charge in [0.25, 0.3) is 0 Å². The average molecular weight is 287 g/mol. The summed E-state index contributed by atoms with van der Waals surface area (Å²) in [5.74, 6) is -1.20. The number of nitrogens with two attached hydrogens (primary N) is 1. The van der Waals surface area contributed by atoms with Gasteiger partial charge in [-0.3, -0.25) is 0 Å². The van der Waals surface area contributed by atoms with E-state index in [9.17, 15) is 9.18 Å². The van der Waals surface area contributed by atoms with E-state index >= 15 is 0 Å². The fourth-order valence-electron chi connectivity index (χ4n) is 1.27. The van der Waals surface area contributed by atoms with E-state index in [4.69, 9.17) is 22.1 Å². The average Bonchev–Trinajstić information content (AvgIpc) is 2.26. The first-order valence-electron chi connectivity index (χ1n) is 5.65. The van der Waals surface area contributed by atoms with Crippen LogP contribution in [0.1, 0.15) is 31.1 Å². The van der Waals surface area contributed by atoms with Crippen molar-refractivity contribution in [2.24, 2.45) is 10.7 Å². The standard InChI is InChI=1S/C13H16ClFN2O2/c1-13(2,3)19-12(18)9-5-4-8(6-10(9)15)17-11(16)7-14/h4-6H,7H2,1-3H3,(H2,16,17). The van der Waals surface area contributed by atoms with Crippen molar-refractivity contribution in [1.29, 1.82) is 0 Å². The number of esters is 1. The molecule has 0 saturated carbocycles. The second-order valence-corrected chi connectivity index (χ2v) is 5.17. The van der Waals surface area contributed by atoms with Crippen molar-refractivity contribution in [1.82, 2.24) is 0 Å². The molecule has 0 aromatic heterocycles. The van der Waals surface area contributed by atoms with Gasteiger partial charge in [-0.25, -0.2) is 14.2 Å². The van der Waals surface area contributed by atoms with E-state index in [1.807, 2.05) is 0 Å². The number of benzene rings is 1. The van der Waals surface area contributed by atoms with E-state index in [0.29, 0.717) is 5.69 Å². The summed E-state index contributed by atoms with van der Waals surface area (Å²) in [7, 11) is 0. The van der Waals surface area contributed by atoms with Crippen molar-refractivity contribution in [3.05, 3.63) is 29.6 Å². The van der Waals surface area contributed by atoms with Crippen molar-refractivity contribution < 1.29 is 13.9 Å².